The number of fused-ring (bicyclic) bond motifs is 1. The third kappa shape index (κ3) is 5.19. The maximum Gasteiger partial charge on any atom is 0.311 e. The van der Waals surface area contributed by atoms with Gasteiger partial charge in [-0.2, -0.15) is 0 Å². The van der Waals surface area contributed by atoms with Crippen molar-refractivity contribution in [2.75, 3.05) is 32.8 Å². The van der Waals surface area contributed by atoms with E-state index >= 15 is 0 Å². The Labute approximate surface area is 214 Å². The zero-order valence-corrected chi connectivity index (χ0v) is 22.2. The van der Waals surface area contributed by atoms with Crippen LogP contribution in [0, 0.1) is 11.8 Å². The largest absolute Gasteiger partial charge is 0.461 e. The highest BCUT2D eigenvalue weighted by Crippen LogP contribution is 2.71. The second-order valence-electron chi connectivity index (χ2n) is 10.2. The number of nitrogens with zero attached hydrogens (tertiary/aromatic N) is 2. The number of esters is 1. The summed E-state index contributed by atoms with van der Waals surface area (Å²) in [6, 6.07) is -0.585. The van der Waals surface area contributed by atoms with E-state index in [0.29, 0.717) is 19.6 Å². The Balaban J connectivity index is 1.95. The van der Waals surface area contributed by atoms with E-state index in [2.05, 4.69) is 27.0 Å². The highest BCUT2D eigenvalue weighted by molar-refractivity contribution is 8.02. The van der Waals surface area contributed by atoms with E-state index in [-0.39, 0.29) is 31.0 Å². The predicted octanol–water partition coefficient (Wildman–Crippen LogP) is 3.56. The number of ether oxygens (including phenoxy) is 1. The lowest BCUT2D eigenvalue weighted by Gasteiger charge is -2.37. The molecule has 3 rings (SSSR count). The molecular weight excluding hydrogens is 464 g/mol. The standard InChI is InChI=1S/C27H42N2O5S/c1-5-8-16-28(15-6-2)24(32)22-27-14-13-26(4,35-27)21(25(33)34-19-7-3)20(27)23(31)29(22)17-11-9-10-12-18-30/h6-7,20-22,30H,2-3,5,8-19H2,1,4H3/t20-,21-,22?,26+,27?/m0/s1. The van der Waals surface area contributed by atoms with E-state index in [4.69, 9.17) is 9.84 Å². The lowest BCUT2D eigenvalue weighted by Crippen LogP contribution is -2.55. The fraction of sp³-hybridized carbons (Fsp3) is 0.741. The summed E-state index contributed by atoms with van der Waals surface area (Å²) in [7, 11) is 0. The van der Waals surface area contributed by atoms with Crippen LogP contribution in [0.3, 0.4) is 0 Å². The fourth-order valence-corrected chi connectivity index (χ4v) is 8.59. The lowest BCUT2D eigenvalue weighted by molar-refractivity contribution is -0.154. The highest BCUT2D eigenvalue weighted by atomic mass is 32.2. The minimum Gasteiger partial charge on any atom is -0.461 e. The third-order valence-electron chi connectivity index (χ3n) is 7.86. The number of hydrogen-bond donors (Lipinski definition) is 1. The van der Waals surface area contributed by atoms with Gasteiger partial charge in [0, 0.05) is 31.0 Å². The molecule has 3 aliphatic rings. The topological polar surface area (TPSA) is 87.1 Å². The van der Waals surface area contributed by atoms with Gasteiger partial charge < -0.3 is 19.6 Å². The molecule has 196 valence electrons. The fourth-order valence-electron chi connectivity index (χ4n) is 6.25. The van der Waals surface area contributed by atoms with Crippen molar-refractivity contribution in [1.82, 2.24) is 9.80 Å². The van der Waals surface area contributed by atoms with Crippen molar-refractivity contribution in [1.29, 1.82) is 0 Å². The summed E-state index contributed by atoms with van der Waals surface area (Å²) < 4.78 is 4.44. The second-order valence-corrected chi connectivity index (χ2v) is 12.1. The van der Waals surface area contributed by atoms with Crippen molar-refractivity contribution in [3.63, 3.8) is 0 Å². The SMILES string of the molecule is C=CCOC(=O)[C@@H]1[C@H]2C(=O)N(CCCCCCO)C(C(=O)N(CC=C)CCCC)C23CC[C@@]1(C)S3. The van der Waals surface area contributed by atoms with Gasteiger partial charge in [0.2, 0.25) is 11.8 Å². The van der Waals surface area contributed by atoms with E-state index in [9.17, 15) is 14.4 Å². The van der Waals surface area contributed by atoms with Crippen molar-refractivity contribution in [3.05, 3.63) is 25.3 Å². The molecule has 7 nitrogen and oxygen atoms in total. The van der Waals surface area contributed by atoms with E-state index < -0.39 is 27.4 Å². The summed E-state index contributed by atoms with van der Waals surface area (Å²) in [5.74, 6) is -1.58. The first-order valence-corrected chi connectivity index (χ1v) is 13.9. The van der Waals surface area contributed by atoms with Gasteiger partial charge in [-0.05, 0) is 39.0 Å². The average molecular weight is 507 g/mol. The van der Waals surface area contributed by atoms with Gasteiger partial charge in [-0.15, -0.1) is 18.3 Å². The maximum absolute atomic E-state index is 14.1. The molecule has 0 aromatic carbocycles. The number of unbranched alkanes of at least 4 members (excludes halogenated alkanes) is 4. The van der Waals surface area contributed by atoms with Crippen LogP contribution in [-0.4, -0.2) is 81.1 Å². The van der Waals surface area contributed by atoms with Gasteiger partial charge in [-0.25, -0.2) is 0 Å². The summed E-state index contributed by atoms with van der Waals surface area (Å²) in [6.07, 6.45) is 9.92. The van der Waals surface area contributed by atoms with Gasteiger partial charge in [0.1, 0.15) is 12.6 Å². The Hall–Kier alpha value is -1.80. The van der Waals surface area contributed by atoms with Crippen LogP contribution in [0.15, 0.2) is 25.3 Å². The number of carbonyl (C=O) groups excluding carboxylic acids is 3. The number of aliphatic hydroxyl groups excluding tert-OH is 1. The molecule has 2 amide bonds. The van der Waals surface area contributed by atoms with Gasteiger partial charge in [-0.3, -0.25) is 14.4 Å². The second kappa shape index (κ2) is 12.0. The van der Waals surface area contributed by atoms with Crippen molar-refractivity contribution in [2.45, 2.75) is 80.7 Å². The number of rotatable bonds is 15. The monoisotopic (exact) mass is 506 g/mol. The Kier molecular flexibility index (Phi) is 9.49. The first-order chi connectivity index (χ1) is 16.8. The van der Waals surface area contributed by atoms with E-state index in [0.717, 1.165) is 51.4 Å². The van der Waals surface area contributed by atoms with Gasteiger partial charge in [0.25, 0.3) is 0 Å². The van der Waals surface area contributed by atoms with Crippen molar-refractivity contribution in [3.8, 4) is 0 Å². The number of thioether (sulfide) groups is 1. The molecule has 1 N–H and O–H groups in total. The maximum atomic E-state index is 14.1. The van der Waals surface area contributed by atoms with Crippen molar-refractivity contribution < 1.29 is 24.2 Å². The first-order valence-electron chi connectivity index (χ1n) is 13.1. The summed E-state index contributed by atoms with van der Waals surface area (Å²) in [6.45, 7) is 13.5. The van der Waals surface area contributed by atoms with Crippen LogP contribution in [0.4, 0.5) is 0 Å². The third-order valence-corrected chi connectivity index (χ3v) is 9.84. The molecule has 3 fully saturated rings. The molecule has 3 aliphatic heterocycles. The highest BCUT2D eigenvalue weighted by Gasteiger charge is 2.77. The minimum absolute atomic E-state index is 0.0265. The first kappa shape index (κ1) is 27.8. The molecule has 0 aromatic rings. The zero-order chi connectivity index (χ0) is 25.6. The van der Waals surface area contributed by atoms with Crippen LogP contribution in [0.2, 0.25) is 0 Å². The van der Waals surface area contributed by atoms with Crippen LogP contribution in [0.25, 0.3) is 0 Å². The molecule has 0 aromatic heterocycles. The molecule has 35 heavy (non-hydrogen) atoms. The Morgan fingerprint density at radius 3 is 2.60 bits per heavy atom. The van der Waals surface area contributed by atoms with Crippen molar-refractivity contribution >= 4 is 29.5 Å². The molecule has 0 aliphatic carbocycles. The quantitative estimate of drug-likeness (QED) is 0.208. The summed E-state index contributed by atoms with van der Waals surface area (Å²) >= 11 is 1.68. The Morgan fingerprint density at radius 2 is 1.94 bits per heavy atom. The number of hydrogen-bond acceptors (Lipinski definition) is 6. The molecule has 5 atom stereocenters. The number of amides is 2. The Morgan fingerprint density at radius 1 is 1.20 bits per heavy atom. The molecule has 8 heteroatoms. The smallest absolute Gasteiger partial charge is 0.311 e. The van der Waals surface area contributed by atoms with Gasteiger partial charge in [0.15, 0.2) is 0 Å². The van der Waals surface area contributed by atoms with Gasteiger partial charge >= 0.3 is 5.97 Å². The summed E-state index contributed by atoms with van der Waals surface area (Å²) in [5, 5.41) is 9.09. The molecular formula is C27H42N2O5S. The number of carbonyl (C=O) groups is 3. The van der Waals surface area contributed by atoms with Gasteiger partial charge in [-0.1, -0.05) is 44.9 Å². The van der Waals surface area contributed by atoms with E-state index in [1.165, 1.54) is 0 Å². The summed E-state index contributed by atoms with van der Waals surface area (Å²) in [5.41, 5.74) is 0. The average Bonchev–Trinajstić information content (AvgIpc) is 3.40. The molecule has 0 radical (unpaired) electrons. The number of aliphatic hydroxyl groups is 1. The van der Waals surface area contributed by atoms with E-state index in [1.54, 1.807) is 28.8 Å². The van der Waals surface area contributed by atoms with Crippen LogP contribution in [0.1, 0.15) is 65.2 Å². The van der Waals surface area contributed by atoms with Crippen molar-refractivity contribution in [2.24, 2.45) is 11.8 Å². The molecule has 3 saturated heterocycles. The van der Waals surface area contributed by atoms with Gasteiger partial charge in [0.05, 0.1) is 16.6 Å². The van der Waals surface area contributed by atoms with Crippen LogP contribution >= 0.6 is 11.8 Å². The summed E-state index contributed by atoms with van der Waals surface area (Å²) in [4.78, 5) is 44.9. The van der Waals surface area contributed by atoms with Crippen LogP contribution in [0.5, 0.6) is 0 Å². The molecule has 0 saturated carbocycles. The van der Waals surface area contributed by atoms with E-state index in [1.807, 2.05) is 4.90 Å². The van der Waals surface area contributed by atoms with Crippen LogP contribution < -0.4 is 0 Å². The minimum atomic E-state index is -0.614. The molecule has 3 heterocycles. The molecule has 2 bridgehead atoms. The number of likely N-dealkylation sites (tertiary alicyclic amines) is 1. The normalized spacial score (nSPS) is 30.9. The lowest BCUT2D eigenvalue weighted by atomic mass is 9.66. The Bertz CT molecular complexity index is 819. The molecule has 2 unspecified atom stereocenters. The van der Waals surface area contributed by atoms with Crippen LogP contribution in [-0.2, 0) is 19.1 Å². The zero-order valence-electron chi connectivity index (χ0n) is 21.4. The molecule has 1 spiro atoms. The predicted molar refractivity (Wildman–Crippen MR) is 139 cm³/mol.